The van der Waals surface area contributed by atoms with Gasteiger partial charge in [-0.05, 0) is 65.9 Å². The van der Waals surface area contributed by atoms with Crippen LogP contribution in [0.3, 0.4) is 0 Å². The minimum atomic E-state index is -0.138. The van der Waals surface area contributed by atoms with E-state index in [1.807, 2.05) is 89.8 Å². The Hall–Kier alpha value is -4.05. The van der Waals surface area contributed by atoms with Gasteiger partial charge in [0.25, 0.3) is 0 Å². The van der Waals surface area contributed by atoms with E-state index >= 15 is 0 Å². The van der Waals surface area contributed by atoms with Gasteiger partial charge in [0.05, 0.1) is 0 Å². The molecule has 0 saturated carbocycles. The summed E-state index contributed by atoms with van der Waals surface area (Å²) in [6.45, 7) is 3.27. The van der Waals surface area contributed by atoms with Gasteiger partial charge in [0.15, 0.2) is 0 Å². The Kier molecular flexibility index (Phi) is 8.55. The molecule has 0 aliphatic rings. The maximum atomic E-state index is 13.3. The normalized spacial score (nSPS) is 10.5. The highest BCUT2D eigenvalue weighted by Gasteiger charge is 2.15. The van der Waals surface area contributed by atoms with Crippen LogP contribution in [0.4, 0.5) is 10.5 Å². The molecule has 4 nitrogen and oxygen atoms in total. The molecule has 0 aliphatic carbocycles. The summed E-state index contributed by atoms with van der Waals surface area (Å²) < 4.78 is 5.85. The number of rotatable bonds is 10. The van der Waals surface area contributed by atoms with E-state index in [2.05, 4.69) is 36.5 Å². The highest BCUT2D eigenvalue weighted by Crippen LogP contribution is 2.23. The monoisotopic (exact) mass is 464 g/mol. The molecule has 0 heterocycles. The number of para-hydroxylation sites is 1. The quantitative estimate of drug-likeness (QED) is 0.258. The lowest BCUT2D eigenvalue weighted by Crippen LogP contribution is -2.34. The van der Waals surface area contributed by atoms with Gasteiger partial charge in [0.2, 0.25) is 0 Å². The molecule has 4 aromatic carbocycles. The van der Waals surface area contributed by atoms with Gasteiger partial charge in [-0.1, -0.05) is 86.1 Å². The number of hydrogen-bond acceptors (Lipinski definition) is 2. The number of unbranched alkanes of at least 4 members (excludes halogenated alkanes) is 1. The van der Waals surface area contributed by atoms with Crippen LogP contribution in [0.1, 0.15) is 36.5 Å². The zero-order valence-electron chi connectivity index (χ0n) is 20.2. The van der Waals surface area contributed by atoms with E-state index in [1.54, 1.807) is 0 Å². The highest BCUT2D eigenvalue weighted by molar-refractivity contribution is 5.89. The van der Waals surface area contributed by atoms with Crippen LogP contribution in [0.25, 0.3) is 0 Å². The Balaban J connectivity index is 1.43. The molecule has 0 saturated heterocycles. The van der Waals surface area contributed by atoms with Gasteiger partial charge < -0.3 is 15.0 Å². The van der Waals surface area contributed by atoms with Crippen molar-refractivity contribution in [3.8, 4) is 11.5 Å². The largest absolute Gasteiger partial charge is 0.457 e. The summed E-state index contributed by atoms with van der Waals surface area (Å²) in [7, 11) is 0. The second-order valence-corrected chi connectivity index (χ2v) is 8.63. The fourth-order valence-corrected chi connectivity index (χ4v) is 3.85. The van der Waals surface area contributed by atoms with Gasteiger partial charge >= 0.3 is 6.03 Å². The minimum absolute atomic E-state index is 0.138. The molecule has 0 aromatic heterocycles. The lowest BCUT2D eigenvalue weighted by molar-refractivity contribution is 0.206. The fourth-order valence-electron chi connectivity index (χ4n) is 3.85. The van der Waals surface area contributed by atoms with Crippen LogP contribution in [0.2, 0.25) is 0 Å². The number of aryl methyl sites for hydroxylation is 1. The average molecular weight is 465 g/mol. The molecule has 0 aliphatic heterocycles. The predicted molar refractivity (Wildman–Crippen MR) is 143 cm³/mol. The van der Waals surface area contributed by atoms with Crippen LogP contribution in [0.5, 0.6) is 11.5 Å². The van der Waals surface area contributed by atoms with Crippen molar-refractivity contribution in [3.05, 3.63) is 126 Å². The van der Waals surface area contributed by atoms with E-state index in [1.165, 1.54) is 18.4 Å². The van der Waals surface area contributed by atoms with Crippen LogP contribution in [-0.2, 0) is 19.5 Å². The van der Waals surface area contributed by atoms with Crippen molar-refractivity contribution in [2.75, 3.05) is 5.32 Å². The van der Waals surface area contributed by atoms with Crippen molar-refractivity contribution in [3.63, 3.8) is 0 Å². The Labute approximate surface area is 208 Å². The van der Waals surface area contributed by atoms with E-state index in [0.29, 0.717) is 13.1 Å². The van der Waals surface area contributed by atoms with Gasteiger partial charge in [-0.3, -0.25) is 0 Å². The zero-order chi connectivity index (χ0) is 24.3. The molecule has 4 aromatic rings. The average Bonchev–Trinajstić information content (AvgIpc) is 2.90. The predicted octanol–water partition coefficient (Wildman–Crippen LogP) is 8.06. The summed E-state index contributed by atoms with van der Waals surface area (Å²) in [6, 6.07) is 35.6. The number of urea groups is 1. The molecule has 0 atom stereocenters. The van der Waals surface area contributed by atoms with E-state index in [0.717, 1.165) is 34.7 Å². The van der Waals surface area contributed by atoms with Crippen LogP contribution in [0, 0.1) is 0 Å². The number of carbonyl (C=O) groups excluding carboxylic acids is 1. The SMILES string of the molecule is CCCCc1ccc(CN(Cc2ccccc2)C(=O)Nc2ccc(Oc3ccccc3)cc2)cc1. The molecule has 0 radical (unpaired) electrons. The molecular weight excluding hydrogens is 432 g/mol. The van der Waals surface area contributed by atoms with Crippen LogP contribution < -0.4 is 10.1 Å². The molecular formula is C31H32N2O2. The van der Waals surface area contributed by atoms with Gasteiger partial charge in [-0.25, -0.2) is 4.79 Å². The molecule has 2 amide bonds. The van der Waals surface area contributed by atoms with E-state index in [4.69, 9.17) is 4.74 Å². The Morgan fingerprint density at radius 2 is 1.23 bits per heavy atom. The van der Waals surface area contributed by atoms with E-state index in [-0.39, 0.29) is 6.03 Å². The fraction of sp³-hybridized carbons (Fsp3) is 0.194. The van der Waals surface area contributed by atoms with Gasteiger partial charge in [-0.15, -0.1) is 0 Å². The second kappa shape index (κ2) is 12.4. The molecule has 0 bridgehead atoms. The van der Waals surface area contributed by atoms with Crippen molar-refractivity contribution in [2.45, 2.75) is 39.3 Å². The van der Waals surface area contributed by atoms with Crippen molar-refractivity contribution in [1.29, 1.82) is 0 Å². The Morgan fingerprint density at radius 1 is 0.686 bits per heavy atom. The van der Waals surface area contributed by atoms with E-state index in [9.17, 15) is 4.79 Å². The summed E-state index contributed by atoms with van der Waals surface area (Å²) in [5.74, 6) is 1.50. The lowest BCUT2D eigenvalue weighted by Gasteiger charge is -2.24. The van der Waals surface area contributed by atoms with Crippen LogP contribution in [-0.4, -0.2) is 10.9 Å². The maximum Gasteiger partial charge on any atom is 0.322 e. The molecule has 4 rings (SSSR count). The lowest BCUT2D eigenvalue weighted by atomic mass is 10.1. The smallest absolute Gasteiger partial charge is 0.322 e. The summed E-state index contributed by atoms with van der Waals surface area (Å²) in [4.78, 5) is 15.1. The van der Waals surface area contributed by atoms with Crippen molar-refractivity contribution >= 4 is 11.7 Å². The molecule has 0 spiro atoms. The third-order valence-electron chi connectivity index (χ3n) is 5.80. The molecule has 35 heavy (non-hydrogen) atoms. The van der Waals surface area contributed by atoms with Crippen molar-refractivity contribution in [2.24, 2.45) is 0 Å². The number of ether oxygens (including phenoxy) is 1. The first-order chi connectivity index (χ1) is 17.2. The number of nitrogens with one attached hydrogen (secondary N) is 1. The zero-order valence-corrected chi connectivity index (χ0v) is 20.2. The number of anilines is 1. The first-order valence-electron chi connectivity index (χ1n) is 12.2. The topological polar surface area (TPSA) is 41.6 Å². The number of nitrogens with zero attached hydrogens (tertiary/aromatic N) is 1. The van der Waals surface area contributed by atoms with Crippen molar-refractivity contribution in [1.82, 2.24) is 4.90 Å². The van der Waals surface area contributed by atoms with Gasteiger partial charge in [0, 0.05) is 18.8 Å². The van der Waals surface area contributed by atoms with Crippen LogP contribution >= 0.6 is 0 Å². The number of benzene rings is 4. The second-order valence-electron chi connectivity index (χ2n) is 8.63. The molecule has 0 unspecified atom stereocenters. The molecule has 0 fully saturated rings. The first kappa shape index (κ1) is 24.1. The number of hydrogen-bond donors (Lipinski definition) is 1. The molecule has 4 heteroatoms. The number of carbonyl (C=O) groups is 1. The summed E-state index contributed by atoms with van der Waals surface area (Å²) >= 11 is 0. The maximum absolute atomic E-state index is 13.3. The highest BCUT2D eigenvalue weighted by atomic mass is 16.5. The van der Waals surface area contributed by atoms with Gasteiger partial charge in [0.1, 0.15) is 11.5 Å². The summed E-state index contributed by atoms with van der Waals surface area (Å²) in [5.41, 5.74) is 4.27. The Morgan fingerprint density at radius 3 is 1.86 bits per heavy atom. The van der Waals surface area contributed by atoms with Crippen LogP contribution in [0.15, 0.2) is 109 Å². The van der Waals surface area contributed by atoms with Gasteiger partial charge in [-0.2, -0.15) is 0 Å². The van der Waals surface area contributed by atoms with E-state index < -0.39 is 0 Å². The molecule has 1 N–H and O–H groups in total. The first-order valence-corrected chi connectivity index (χ1v) is 12.2. The number of amides is 2. The standard InChI is InChI=1S/C31H32N2O2/c1-2-3-10-25-15-17-27(18-16-25)24-33(23-26-11-6-4-7-12-26)31(34)32-28-19-21-30(22-20-28)35-29-13-8-5-9-14-29/h4-9,11-22H,2-3,10,23-24H2,1H3,(H,32,34). The van der Waals surface area contributed by atoms with Crippen molar-refractivity contribution < 1.29 is 9.53 Å². The molecule has 178 valence electrons. The minimum Gasteiger partial charge on any atom is -0.457 e. The third-order valence-corrected chi connectivity index (χ3v) is 5.80. The summed E-state index contributed by atoms with van der Waals surface area (Å²) in [6.07, 6.45) is 3.47. The third kappa shape index (κ3) is 7.47. The summed E-state index contributed by atoms with van der Waals surface area (Å²) in [5, 5.41) is 3.04. The Bertz CT molecular complexity index is 1170.